The quantitative estimate of drug-likeness (QED) is 0.797. The van der Waals surface area contributed by atoms with Crippen LogP contribution in [0.15, 0.2) is 22.7 Å². The normalized spacial score (nSPS) is 13.7. The molecule has 0 heterocycles. The van der Waals surface area contributed by atoms with Gasteiger partial charge < -0.3 is 15.2 Å². The van der Waals surface area contributed by atoms with Crippen molar-refractivity contribution in [3.63, 3.8) is 0 Å². The molecule has 2 atom stereocenters. The van der Waals surface area contributed by atoms with Crippen LogP contribution in [0.3, 0.4) is 0 Å². The molecule has 0 spiro atoms. The predicted molar refractivity (Wildman–Crippen MR) is 78.1 cm³/mol. The largest absolute Gasteiger partial charge is 0.480 e. The highest BCUT2D eigenvalue weighted by atomic mass is 79.9. The Morgan fingerprint density at radius 1 is 1.50 bits per heavy atom. The monoisotopic (exact) mass is 347 g/mol. The Morgan fingerprint density at radius 3 is 2.80 bits per heavy atom. The van der Waals surface area contributed by atoms with Gasteiger partial charge in [0.15, 0.2) is 6.10 Å². The van der Waals surface area contributed by atoms with Crippen molar-refractivity contribution in [3.8, 4) is 5.75 Å². The van der Waals surface area contributed by atoms with Gasteiger partial charge >= 0.3 is 0 Å². The van der Waals surface area contributed by atoms with Gasteiger partial charge in [-0.2, -0.15) is 0 Å². The minimum atomic E-state index is -0.687. The standard InChI is InChI=1S/C14H19BrFNO3/c1-9(4-3-7-18)17-14(19)10(2)20-13-6-5-11(16)8-12(13)15/h5-6,8-10,18H,3-4,7H2,1-2H3,(H,17,19). The first-order valence-electron chi connectivity index (χ1n) is 6.47. The summed E-state index contributed by atoms with van der Waals surface area (Å²) in [5.74, 6) is -0.206. The van der Waals surface area contributed by atoms with Crippen LogP contribution in [0, 0.1) is 5.82 Å². The van der Waals surface area contributed by atoms with E-state index in [0.717, 1.165) is 0 Å². The Morgan fingerprint density at radius 2 is 2.20 bits per heavy atom. The number of carbonyl (C=O) groups is 1. The molecule has 1 rings (SSSR count). The number of aliphatic hydroxyl groups excluding tert-OH is 1. The van der Waals surface area contributed by atoms with Crippen molar-refractivity contribution in [2.75, 3.05) is 6.61 Å². The van der Waals surface area contributed by atoms with Crippen LogP contribution < -0.4 is 10.1 Å². The topological polar surface area (TPSA) is 58.6 Å². The number of hydrogen-bond acceptors (Lipinski definition) is 3. The molecule has 0 bridgehead atoms. The molecule has 2 N–H and O–H groups in total. The van der Waals surface area contributed by atoms with Crippen molar-refractivity contribution in [3.05, 3.63) is 28.5 Å². The smallest absolute Gasteiger partial charge is 0.260 e. The van der Waals surface area contributed by atoms with Crippen LogP contribution in [0.25, 0.3) is 0 Å². The van der Waals surface area contributed by atoms with Crippen LogP contribution >= 0.6 is 15.9 Å². The van der Waals surface area contributed by atoms with Crippen molar-refractivity contribution in [2.24, 2.45) is 0 Å². The maximum absolute atomic E-state index is 12.9. The average Bonchev–Trinajstić information content (AvgIpc) is 2.39. The second-order valence-corrected chi connectivity index (χ2v) is 5.46. The van der Waals surface area contributed by atoms with E-state index in [1.165, 1.54) is 18.2 Å². The van der Waals surface area contributed by atoms with Gasteiger partial charge in [-0.05, 0) is 60.8 Å². The molecule has 1 aromatic rings. The molecule has 6 heteroatoms. The Bertz CT molecular complexity index is 456. The van der Waals surface area contributed by atoms with Crippen molar-refractivity contribution in [1.82, 2.24) is 5.32 Å². The van der Waals surface area contributed by atoms with E-state index in [1.807, 2.05) is 6.92 Å². The highest BCUT2D eigenvalue weighted by Crippen LogP contribution is 2.26. The molecule has 1 amide bonds. The lowest BCUT2D eigenvalue weighted by molar-refractivity contribution is -0.127. The van der Waals surface area contributed by atoms with Crippen LogP contribution in [0.5, 0.6) is 5.75 Å². The molecule has 112 valence electrons. The lowest BCUT2D eigenvalue weighted by Crippen LogP contribution is -2.41. The predicted octanol–water partition coefficient (Wildman–Crippen LogP) is 2.63. The zero-order valence-corrected chi connectivity index (χ0v) is 13.1. The first-order valence-corrected chi connectivity index (χ1v) is 7.26. The average molecular weight is 348 g/mol. The molecule has 0 saturated heterocycles. The summed E-state index contributed by atoms with van der Waals surface area (Å²) in [7, 11) is 0. The van der Waals surface area contributed by atoms with Gasteiger partial charge in [-0.3, -0.25) is 4.79 Å². The molecule has 20 heavy (non-hydrogen) atoms. The fourth-order valence-corrected chi connectivity index (χ4v) is 2.09. The molecule has 0 aliphatic heterocycles. The lowest BCUT2D eigenvalue weighted by Gasteiger charge is -2.19. The van der Waals surface area contributed by atoms with E-state index in [0.29, 0.717) is 23.1 Å². The van der Waals surface area contributed by atoms with Crippen molar-refractivity contribution in [2.45, 2.75) is 38.8 Å². The van der Waals surface area contributed by atoms with E-state index < -0.39 is 6.10 Å². The molecule has 0 aliphatic rings. The number of ether oxygens (including phenoxy) is 1. The summed E-state index contributed by atoms with van der Waals surface area (Å²) in [4.78, 5) is 11.9. The van der Waals surface area contributed by atoms with Crippen LogP contribution in [-0.2, 0) is 4.79 Å². The summed E-state index contributed by atoms with van der Waals surface area (Å²) in [6.45, 7) is 3.60. The number of aliphatic hydroxyl groups is 1. The van der Waals surface area contributed by atoms with Crippen molar-refractivity contribution >= 4 is 21.8 Å². The van der Waals surface area contributed by atoms with Crippen LogP contribution in [-0.4, -0.2) is 29.8 Å². The molecule has 2 unspecified atom stereocenters. The number of halogens is 2. The van der Waals surface area contributed by atoms with Gasteiger partial charge in [-0.25, -0.2) is 4.39 Å². The van der Waals surface area contributed by atoms with Gasteiger partial charge in [-0.15, -0.1) is 0 Å². The highest BCUT2D eigenvalue weighted by Gasteiger charge is 2.17. The van der Waals surface area contributed by atoms with Gasteiger partial charge in [-0.1, -0.05) is 0 Å². The van der Waals surface area contributed by atoms with E-state index in [-0.39, 0.29) is 24.4 Å². The fraction of sp³-hybridized carbons (Fsp3) is 0.500. The van der Waals surface area contributed by atoms with E-state index >= 15 is 0 Å². The van der Waals surface area contributed by atoms with Crippen LogP contribution in [0.1, 0.15) is 26.7 Å². The Kier molecular flexibility index (Phi) is 6.95. The zero-order valence-electron chi connectivity index (χ0n) is 11.5. The summed E-state index contributed by atoms with van der Waals surface area (Å²) >= 11 is 3.19. The molecule has 4 nitrogen and oxygen atoms in total. The first kappa shape index (κ1) is 16.9. The third-order valence-corrected chi connectivity index (χ3v) is 3.37. The summed E-state index contributed by atoms with van der Waals surface area (Å²) in [6.07, 6.45) is 0.656. The van der Waals surface area contributed by atoms with Crippen molar-refractivity contribution in [1.29, 1.82) is 0 Å². The van der Waals surface area contributed by atoms with E-state index in [1.54, 1.807) is 6.92 Å². The van der Waals surface area contributed by atoms with Gasteiger partial charge in [0.25, 0.3) is 5.91 Å². The summed E-state index contributed by atoms with van der Waals surface area (Å²) in [5, 5.41) is 11.5. The zero-order chi connectivity index (χ0) is 15.1. The maximum Gasteiger partial charge on any atom is 0.260 e. The molecule has 0 aromatic heterocycles. The SMILES string of the molecule is CC(CCCO)NC(=O)C(C)Oc1ccc(F)cc1Br. The number of amides is 1. The maximum atomic E-state index is 12.9. The van der Waals surface area contributed by atoms with Crippen molar-refractivity contribution < 1.29 is 19.0 Å². The second-order valence-electron chi connectivity index (χ2n) is 4.61. The fourth-order valence-electron chi connectivity index (χ4n) is 1.64. The van der Waals surface area contributed by atoms with Crippen LogP contribution in [0.2, 0.25) is 0 Å². The van der Waals surface area contributed by atoms with E-state index in [2.05, 4.69) is 21.2 Å². The number of benzene rings is 1. The molecule has 0 fully saturated rings. The van der Waals surface area contributed by atoms with Gasteiger partial charge in [0.05, 0.1) is 4.47 Å². The third-order valence-electron chi connectivity index (χ3n) is 2.75. The first-order chi connectivity index (χ1) is 9.43. The highest BCUT2D eigenvalue weighted by molar-refractivity contribution is 9.10. The molecule has 0 saturated carbocycles. The van der Waals surface area contributed by atoms with E-state index in [4.69, 9.17) is 9.84 Å². The molecular formula is C14H19BrFNO3. The minimum Gasteiger partial charge on any atom is -0.480 e. The Balaban J connectivity index is 2.53. The number of hydrogen-bond donors (Lipinski definition) is 2. The Hall–Kier alpha value is -1.14. The minimum absolute atomic E-state index is 0.0302. The summed E-state index contributed by atoms with van der Waals surface area (Å²) in [5.41, 5.74) is 0. The Labute approximate surface area is 126 Å². The summed E-state index contributed by atoms with van der Waals surface area (Å²) < 4.78 is 18.9. The molecule has 1 aromatic carbocycles. The molecule has 0 aliphatic carbocycles. The van der Waals surface area contributed by atoms with Gasteiger partial charge in [0.1, 0.15) is 11.6 Å². The molecule has 0 radical (unpaired) electrons. The summed E-state index contributed by atoms with van der Waals surface area (Å²) in [6, 6.07) is 3.99. The third kappa shape index (κ3) is 5.46. The number of nitrogens with one attached hydrogen (secondary N) is 1. The number of carbonyl (C=O) groups excluding carboxylic acids is 1. The second kappa shape index (κ2) is 8.21. The van der Waals surface area contributed by atoms with Crippen LogP contribution in [0.4, 0.5) is 4.39 Å². The lowest BCUT2D eigenvalue weighted by atomic mass is 10.2. The van der Waals surface area contributed by atoms with E-state index in [9.17, 15) is 9.18 Å². The molecular weight excluding hydrogens is 329 g/mol. The number of rotatable bonds is 7. The van der Waals surface area contributed by atoms with Gasteiger partial charge in [0.2, 0.25) is 0 Å². The van der Waals surface area contributed by atoms with Gasteiger partial charge in [0, 0.05) is 12.6 Å².